The number of hydrogen-bond donors (Lipinski definition) is 1. The van der Waals surface area contributed by atoms with Crippen LogP contribution in [0.4, 0.5) is 5.95 Å². The van der Waals surface area contributed by atoms with E-state index in [-0.39, 0.29) is 0 Å². The summed E-state index contributed by atoms with van der Waals surface area (Å²) < 4.78 is 1.81. The number of nitrogens with zero attached hydrogens (tertiary/aromatic N) is 3. The molecule has 1 N–H and O–H groups in total. The molecule has 0 saturated heterocycles. The summed E-state index contributed by atoms with van der Waals surface area (Å²) >= 11 is 5.20. The van der Waals surface area contributed by atoms with Crippen LogP contribution in [0.25, 0.3) is 11.0 Å². The van der Waals surface area contributed by atoms with Crippen molar-refractivity contribution in [1.82, 2.24) is 9.66 Å². The van der Waals surface area contributed by atoms with Crippen LogP contribution in [0.2, 0.25) is 0 Å². The zero-order valence-electron chi connectivity index (χ0n) is 8.77. The Morgan fingerprint density at radius 3 is 3.06 bits per heavy atom. The minimum atomic E-state index is 0.688. The maximum Gasteiger partial charge on any atom is 0.230 e. The number of rotatable bonds is 0. The lowest BCUT2D eigenvalue weighted by Gasteiger charge is -2.00. The molecule has 2 aromatic rings. The third kappa shape index (κ3) is 1.40. The van der Waals surface area contributed by atoms with E-state index in [1.54, 1.807) is 0 Å². The molecule has 0 bridgehead atoms. The summed E-state index contributed by atoms with van der Waals surface area (Å²) in [6.07, 6.45) is 0.688. The van der Waals surface area contributed by atoms with Gasteiger partial charge in [0.05, 0.1) is 16.0 Å². The number of thiocarbonyl (C=S) groups is 1. The van der Waals surface area contributed by atoms with Crippen molar-refractivity contribution in [1.29, 1.82) is 0 Å². The molecule has 2 heterocycles. The number of nitrogens with one attached hydrogen (secondary N) is 1. The first-order chi connectivity index (χ1) is 7.74. The lowest BCUT2D eigenvalue weighted by atomic mass is 10.3. The van der Waals surface area contributed by atoms with E-state index in [1.807, 2.05) is 35.9 Å². The van der Waals surface area contributed by atoms with Crippen LogP contribution in [0.3, 0.4) is 0 Å². The summed E-state index contributed by atoms with van der Waals surface area (Å²) in [6.45, 7) is 1.97. The number of anilines is 1. The van der Waals surface area contributed by atoms with Crippen molar-refractivity contribution < 1.29 is 0 Å². The van der Waals surface area contributed by atoms with Gasteiger partial charge in [-0.3, -0.25) is 0 Å². The maximum atomic E-state index is 5.20. The maximum absolute atomic E-state index is 5.20. The average molecular weight is 230 g/mol. The van der Waals surface area contributed by atoms with Gasteiger partial charge in [-0.25, -0.2) is 4.98 Å². The van der Waals surface area contributed by atoms with Gasteiger partial charge in [0.2, 0.25) is 5.95 Å². The minimum absolute atomic E-state index is 0.688. The van der Waals surface area contributed by atoms with Gasteiger partial charge in [-0.15, -0.1) is 0 Å². The Hall–Kier alpha value is -1.75. The van der Waals surface area contributed by atoms with Crippen LogP contribution < -0.4 is 5.32 Å². The van der Waals surface area contributed by atoms with Crippen LogP contribution in [0, 0.1) is 0 Å². The van der Waals surface area contributed by atoms with E-state index in [9.17, 15) is 0 Å². The Bertz CT molecular complexity index is 611. The second-order valence-corrected chi connectivity index (χ2v) is 4.29. The van der Waals surface area contributed by atoms with Crippen LogP contribution in [-0.2, 0) is 0 Å². The minimum Gasteiger partial charge on any atom is -0.318 e. The van der Waals surface area contributed by atoms with Crippen molar-refractivity contribution >= 4 is 39.9 Å². The van der Waals surface area contributed by atoms with E-state index in [4.69, 9.17) is 12.2 Å². The summed E-state index contributed by atoms with van der Waals surface area (Å²) in [5, 5.41) is 7.61. The first-order valence-corrected chi connectivity index (χ1v) is 5.46. The molecule has 0 atom stereocenters. The van der Waals surface area contributed by atoms with Gasteiger partial charge in [-0.2, -0.15) is 9.78 Å². The molecule has 80 valence electrons. The molecule has 3 rings (SSSR count). The zero-order chi connectivity index (χ0) is 11.1. The van der Waals surface area contributed by atoms with Crippen LogP contribution in [-0.4, -0.2) is 20.4 Å². The zero-order valence-corrected chi connectivity index (χ0v) is 9.58. The molecule has 0 unspecified atom stereocenters. The molecule has 0 saturated carbocycles. The monoisotopic (exact) mass is 230 g/mol. The van der Waals surface area contributed by atoms with Crippen LogP contribution in [0.5, 0.6) is 0 Å². The van der Waals surface area contributed by atoms with E-state index < -0.39 is 0 Å². The number of benzene rings is 1. The van der Waals surface area contributed by atoms with Gasteiger partial charge >= 0.3 is 0 Å². The molecule has 0 aliphatic carbocycles. The molecule has 1 aromatic carbocycles. The van der Waals surface area contributed by atoms with Gasteiger partial charge in [0.25, 0.3) is 0 Å². The molecule has 1 aliphatic rings. The number of imidazole rings is 1. The highest BCUT2D eigenvalue weighted by Gasteiger charge is 2.15. The fourth-order valence-corrected chi connectivity index (χ4v) is 2.10. The molecular weight excluding hydrogens is 220 g/mol. The fourth-order valence-electron chi connectivity index (χ4n) is 1.80. The number of para-hydroxylation sites is 2. The number of fused-ring (bicyclic) bond motifs is 3. The fraction of sp³-hybridized carbons (Fsp3) is 0.182. The van der Waals surface area contributed by atoms with Gasteiger partial charge < -0.3 is 5.32 Å². The molecule has 0 amide bonds. The van der Waals surface area contributed by atoms with Gasteiger partial charge in [-0.1, -0.05) is 24.4 Å². The Morgan fingerprint density at radius 2 is 2.19 bits per heavy atom. The van der Waals surface area contributed by atoms with Crippen molar-refractivity contribution in [3.63, 3.8) is 0 Å². The summed E-state index contributed by atoms with van der Waals surface area (Å²) in [6, 6.07) is 7.90. The van der Waals surface area contributed by atoms with E-state index >= 15 is 0 Å². The second-order valence-electron chi connectivity index (χ2n) is 3.80. The molecule has 4 nitrogen and oxygen atoms in total. The van der Waals surface area contributed by atoms with E-state index in [0.717, 1.165) is 21.7 Å². The van der Waals surface area contributed by atoms with Gasteiger partial charge in [0, 0.05) is 12.1 Å². The standard InChI is InChI=1S/C11H10N4S/c1-7-6-10(16)13-11-12-8-4-2-3-5-9(8)15(11)14-7/h2-5H,6H2,1H3,(H,12,13,16). The van der Waals surface area contributed by atoms with E-state index in [0.29, 0.717) is 12.4 Å². The third-order valence-electron chi connectivity index (χ3n) is 2.48. The first kappa shape index (κ1) is 9.47. The second kappa shape index (κ2) is 3.38. The van der Waals surface area contributed by atoms with Crippen molar-refractivity contribution in [2.45, 2.75) is 13.3 Å². The predicted octanol–water partition coefficient (Wildman–Crippen LogP) is 2.40. The van der Waals surface area contributed by atoms with Gasteiger partial charge in [0.15, 0.2) is 0 Å². The van der Waals surface area contributed by atoms with E-state index in [2.05, 4.69) is 15.4 Å². The van der Waals surface area contributed by atoms with Gasteiger partial charge in [0.1, 0.15) is 0 Å². The van der Waals surface area contributed by atoms with Crippen molar-refractivity contribution in [3.05, 3.63) is 24.3 Å². The largest absolute Gasteiger partial charge is 0.318 e. The number of aromatic nitrogens is 2. The Labute approximate surface area is 98.0 Å². The molecule has 0 fully saturated rings. The molecule has 0 spiro atoms. The summed E-state index contributed by atoms with van der Waals surface area (Å²) in [4.78, 5) is 5.21. The molecule has 16 heavy (non-hydrogen) atoms. The highest BCUT2D eigenvalue weighted by atomic mass is 32.1. The summed E-state index contributed by atoms with van der Waals surface area (Å²) in [5.74, 6) is 0.697. The van der Waals surface area contributed by atoms with Crippen molar-refractivity contribution in [2.75, 3.05) is 5.32 Å². The first-order valence-electron chi connectivity index (χ1n) is 5.06. The SMILES string of the molecule is CC1=Nn2c(nc3ccccc32)NC(=S)C1. The van der Waals surface area contributed by atoms with Crippen LogP contribution >= 0.6 is 12.2 Å². The normalized spacial score (nSPS) is 15.3. The number of hydrogen-bond acceptors (Lipinski definition) is 3. The van der Waals surface area contributed by atoms with Crippen LogP contribution in [0.15, 0.2) is 29.4 Å². The quantitative estimate of drug-likeness (QED) is 0.707. The van der Waals surface area contributed by atoms with Crippen molar-refractivity contribution in [2.24, 2.45) is 5.10 Å². The van der Waals surface area contributed by atoms with E-state index in [1.165, 1.54) is 0 Å². The molecule has 0 radical (unpaired) electrons. The lowest BCUT2D eigenvalue weighted by molar-refractivity contribution is 0.923. The summed E-state index contributed by atoms with van der Waals surface area (Å²) in [7, 11) is 0. The lowest BCUT2D eigenvalue weighted by Crippen LogP contribution is -2.11. The topological polar surface area (TPSA) is 42.2 Å². The van der Waals surface area contributed by atoms with Crippen molar-refractivity contribution in [3.8, 4) is 0 Å². The average Bonchev–Trinajstić information content (AvgIpc) is 2.49. The highest BCUT2D eigenvalue weighted by Crippen LogP contribution is 2.21. The smallest absolute Gasteiger partial charge is 0.230 e. The highest BCUT2D eigenvalue weighted by molar-refractivity contribution is 7.80. The predicted molar refractivity (Wildman–Crippen MR) is 69.1 cm³/mol. The molecule has 1 aromatic heterocycles. The Balaban J connectivity index is 2.32. The molecule has 5 heteroatoms. The summed E-state index contributed by atoms with van der Waals surface area (Å²) in [5.41, 5.74) is 2.90. The Kier molecular flexibility index (Phi) is 2.00. The third-order valence-corrected chi connectivity index (χ3v) is 2.72. The Morgan fingerprint density at radius 1 is 1.38 bits per heavy atom. The molecule has 1 aliphatic heterocycles. The van der Waals surface area contributed by atoms with Gasteiger partial charge in [-0.05, 0) is 19.1 Å². The van der Waals surface area contributed by atoms with Crippen LogP contribution in [0.1, 0.15) is 13.3 Å². The molecular formula is C11H10N4S.